The van der Waals surface area contributed by atoms with Crippen LogP contribution in [0.25, 0.3) is 0 Å². The van der Waals surface area contributed by atoms with Gasteiger partial charge in [0.25, 0.3) is 0 Å². The first-order valence-electron chi connectivity index (χ1n) is 5.57. The molecular formula is C13H24. The first-order chi connectivity index (χ1) is 6.31. The van der Waals surface area contributed by atoms with Crippen molar-refractivity contribution in [2.24, 2.45) is 5.92 Å². The van der Waals surface area contributed by atoms with Gasteiger partial charge in [0, 0.05) is 0 Å². The maximum absolute atomic E-state index is 3.75. The zero-order valence-electron chi connectivity index (χ0n) is 9.26. The molecule has 1 atom stereocenters. The van der Waals surface area contributed by atoms with E-state index in [9.17, 15) is 0 Å². The highest BCUT2D eigenvalue weighted by Crippen LogP contribution is 2.09. The van der Waals surface area contributed by atoms with Crippen LogP contribution < -0.4 is 0 Å². The molecule has 0 fully saturated rings. The molecule has 0 saturated carbocycles. The minimum Gasteiger partial charge on any atom is -0.103 e. The van der Waals surface area contributed by atoms with Crippen molar-refractivity contribution in [1.82, 2.24) is 0 Å². The summed E-state index contributed by atoms with van der Waals surface area (Å²) in [4.78, 5) is 0. The van der Waals surface area contributed by atoms with Gasteiger partial charge in [0.05, 0.1) is 0 Å². The van der Waals surface area contributed by atoms with Gasteiger partial charge in [0.2, 0.25) is 0 Å². The van der Waals surface area contributed by atoms with E-state index in [0.717, 1.165) is 12.3 Å². The van der Waals surface area contributed by atoms with Crippen molar-refractivity contribution < 1.29 is 0 Å². The van der Waals surface area contributed by atoms with Gasteiger partial charge in [-0.25, -0.2) is 0 Å². The summed E-state index contributed by atoms with van der Waals surface area (Å²) >= 11 is 0. The maximum Gasteiger partial charge on any atom is -0.0322 e. The van der Waals surface area contributed by atoms with E-state index in [1.807, 2.05) is 6.08 Å². The molecule has 0 radical (unpaired) electrons. The zero-order chi connectivity index (χ0) is 9.94. The van der Waals surface area contributed by atoms with Gasteiger partial charge in [0.1, 0.15) is 0 Å². The second kappa shape index (κ2) is 9.57. The van der Waals surface area contributed by atoms with E-state index < -0.39 is 0 Å². The molecule has 0 amide bonds. The quantitative estimate of drug-likeness (QED) is 0.374. The Morgan fingerprint density at radius 3 is 2.54 bits per heavy atom. The zero-order valence-corrected chi connectivity index (χ0v) is 9.26. The van der Waals surface area contributed by atoms with E-state index in [0.29, 0.717) is 0 Å². The molecule has 0 spiro atoms. The standard InChI is InChI=1S/C13H24/c1-4-6-7-8-9-10-12-13(3)11-5-2/h5,9-10,13H,2,4,6-8,11-12H2,1,3H3. The lowest BCUT2D eigenvalue weighted by molar-refractivity contribution is 0.602. The van der Waals surface area contributed by atoms with Gasteiger partial charge in [-0.2, -0.15) is 0 Å². The Morgan fingerprint density at radius 2 is 1.92 bits per heavy atom. The molecule has 76 valence electrons. The maximum atomic E-state index is 3.75. The largest absolute Gasteiger partial charge is 0.103 e. The van der Waals surface area contributed by atoms with Crippen molar-refractivity contribution >= 4 is 0 Å². The molecule has 0 heterocycles. The van der Waals surface area contributed by atoms with Gasteiger partial charge < -0.3 is 0 Å². The van der Waals surface area contributed by atoms with Gasteiger partial charge in [0.15, 0.2) is 0 Å². The number of hydrogen-bond acceptors (Lipinski definition) is 0. The fourth-order valence-corrected chi connectivity index (χ4v) is 1.34. The molecule has 0 bridgehead atoms. The van der Waals surface area contributed by atoms with Gasteiger partial charge in [-0.1, -0.05) is 44.9 Å². The van der Waals surface area contributed by atoms with Gasteiger partial charge in [-0.3, -0.25) is 0 Å². The van der Waals surface area contributed by atoms with E-state index in [4.69, 9.17) is 0 Å². The Bertz CT molecular complexity index is 133. The normalized spacial score (nSPS) is 13.4. The van der Waals surface area contributed by atoms with E-state index in [1.54, 1.807) is 0 Å². The summed E-state index contributed by atoms with van der Waals surface area (Å²) in [5, 5.41) is 0. The molecule has 0 rings (SSSR count). The third-order valence-electron chi connectivity index (χ3n) is 2.25. The molecule has 0 aliphatic carbocycles. The number of allylic oxidation sites excluding steroid dienone is 3. The predicted molar refractivity (Wildman–Crippen MR) is 61.9 cm³/mol. The van der Waals surface area contributed by atoms with Crippen LogP contribution in [-0.2, 0) is 0 Å². The summed E-state index contributed by atoms with van der Waals surface area (Å²) in [6.07, 6.45) is 14.3. The molecule has 0 aliphatic rings. The van der Waals surface area contributed by atoms with E-state index in [1.165, 1.54) is 32.1 Å². The Hall–Kier alpha value is -0.520. The molecule has 0 N–H and O–H groups in total. The van der Waals surface area contributed by atoms with Crippen LogP contribution in [0.2, 0.25) is 0 Å². The smallest absolute Gasteiger partial charge is 0.0322 e. The van der Waals surface area contributed by atoms with E-state index in [2.05, 4.69) is 32.6 Å². The lowest BCUT2D eigenvalue weighted by atomic mass is 10.0. The fourth-order valence-electron chi connectivity index (χ4n) is 1.34. The highest BCUT2D eigenvalue weighted by molar-refractivity contribution is 4.84. The summed E-state index contributed by atoms with van der Waals surface area (Å²) < 4.78 is 0. The average Bonchev–Trinajstić information content (AvgIpc) is 2.11. The monoisotopic (exact) mass is 180 g/mol. The number of unbranched alkanes of at least 4 members (excludes halogenated alkanes) is 3. The van der Waals surface area contributed by atoms with Gasteiger partial charge in [-0.15, -0.1) is 6.58 Å². The molecule has 0 aromatic rings. The van der Waals surface area contributed by atoms with Crippen molar-refractivity contribution in [2.45, 2.75) is 52.4 Å². The van der Waals surface area contributed by atoms with Crippen molar-refractivity contribution in [3.05, 3.63) is 24.8 Å². The minimum atomic E-state index is 0.764. The highest BCUT2D eigenvalue weighted by atomic mass is 14.0. The third kappa shape index (κ3) is 9.39. The Kier molecular flexibility index (Phi) is 9.18. The third-order valence-corrected chi connectivity index (χ3v) is 2.25. The summed E-state index contributed by atoms with van der Waals surface area (Å²) in [5.74, 6) is 0.764. The van der Waals surface area contributed by atoms with Crippen LogP contribution in [-0.4, -0.2) is 0 Å². The topological polar surface area (TPSA) is 0 Å². The fraction of sp³-hybridized carbons (Fsp3) is 0.692. The van der Waals surface area contributed by atoms with Crippen LogP contribution in [0, 0.1) is 5.92 Å². The molecule has 0 aromatic carbocycles. The summed E-state index contributed by atoms with van der Waals surface area (Å²) in [6.45, 7) is 8.27. The molecule has 1 unspecified atom stereocenters. The van der Waals surface area contributed by atoms with Crippen LogP contribution in [0.3, 0.4) is 0 Å². The van der Waals surface area contributed by atoms with Crippen molar-refractivity contribution in [1.29, 1.82) is 0 Å². The molecule has 0 aliphatic heterocycles. The second-order valence-electron chi connectivity index (χ2n) is 3.83. The van der Waals surface area contributed by atoms with Gasteiger partial charge in [-0.05, 0) is 31.6 Å². The molecular weight excluding hydrogens is 156 g/mol. The first kappa shape index (κ1) is 12.5. The van der Waals surface area contributed by atoms with E-state index in [-0.39, 0.29) is 0 Å². The van der Waals surface area contributed by atoms with Crippen molar-refractivity contribution in [2.75, 3.05) is 0 Å². The summed E-state index contributed by atoms with van der Waals surface area (Å²) in [7, 11) is 0. The Balaban J connectivity index is 3.24. The van der Waals surface area contributed by atoms with Crippen LogP contribution in [0.5, 0.6) is 0 Å². The molecule has 0 saturated heterocycles. The first-order valence-corrected chi connectivity index (χ1v) is 5.57. The summed E-state index contributed by atoms with van der Waals surface area (Å²) in [6, 6.07) is 0. The van der Waals surface area contributed by atoms with E-state index >= 15 is 0 Å². The van der Waals surface area contributed by atoms with Crippen LogP contribution in [0.15, 0.2) is 24.8 Å². The minimum absolute atomic E-state index is 0.764. The Morgan fingerprint density at radius 1 is 1.15 bits per heavy atom. The lowest BCUT2D eigenvalue weighted by Crippen LogP contribution is -1.88. The highest BCUT2D eigenvalue weighted by Gasteiger charge is 1.94. The molecule has 13 heavy (non-hydrogen) atoms. The summed E-state index contributed by atoms with van der Waals surface area (Å²) in [5.41, 5.74) is 0. The second-order valence-corrected chi connectivity index (χ2v) is 3.83. The van der Waals surface area contributed by atoms with Crippen molar-refractivity contribution in [3.63, 3.8) is 0 Å². The van der Waals surface area contributed by atoms with Crippen LogP contribution >= 0.6 is 0 Å². The average molecular weight is 180 g/mol. The van der Waals surface area contributed by atoms with Crippen molar-refractivity contribution in [3.8, 4) is 0 Å². The molecule has 0 nitrogen and oxygen atoms in total. The van der Waals surface area contributed by atoms with Crippen LogP contribution in [0.4, 0.5) is 0 Å². The number of hydrogen-bond donors (Lipinski definition) is 0. The van der Waals surface area contributed by atoms with Gasteiger partial charge >= 0.3 is 0 Å². The SMILES string of the molecule is C=CCC(C)CC=CCCCCC. The molecule has 0 heteroatoms. The Labute approximate surface area is 83.7 Å². The van der Waals surface area contributed by atoms with Crippen LogP contribution in [0.1, 0.15) is 52.4 Å². The lowest BCUT2D eigenvalue weighted by Gasteiger charge is -2.02. The predicted octanol–water partition coefficient (Wildman–Crippen LogP) is 4.73. The molecule has 0 aromatic heterocycles. The number of rotatable bonds is 8.